The average molecular weight is 490 g/mol. The van der Waals surface area contributed by atoms with Crippen molar-refractivity contribution in [1.29, 1.82) is 0 Å². The third kappa shape index (κ3) is 3.76. The highest BCUT2D eigenvalue weighted by molar-refractivity contribution is 6.35. The lowest BCUT2D eigenvalue weighted by Crippen LogP contribution is -2.57. The van der Waals surface area contributed by atoms with Crippen LogP contribution < -0.4 is 15.0 Å². The molecule has 0 radical (unpaired) electrons. The van der Waals surface area contributed by atoms with Crippen LogP contribution in [0.4, 0.5) is 10.2 Å². The Bertz CT molecular complexity index is 1100. The van der Waals surface area contributed by atoms with Crippen LogP contribution in [0.3, 0.4) is 0 Å². The van der Waals surface area contributed by atoms with Gasteiger partial charge in [0.2, 0.25) is 0 Å². The van der Waals surface area contributed by atoms with Crippen molar-refractivity contribution in [1.82, 2.24) is 20.1 Å². The summed E-state index contributed by atoms with van der Waals surface area (Å²) < 4.78 is 21.1. The summed E-state index contributed by atoms with van der Waals surface area (Å²) in [6, 6.07) is 3.97. The molecule has 5 rings (SSSR count). The van der Waals surface area contributed by atoms with Crippen molar-refractivity contribution in [3.8, 4) is 22.8 Å². The number of fused-ring (bicyclic) bond motifs is 2. The number of benzene rings is 1. The first-order valence-corrected chi connectivity index (χ1v) is 12.0. The van der Waals surface area contributed by atoms with Crippen LogP contribution in [0.25, 0.3) is 11.3 Å². The molecule has 4 heterocycles. The first-order chi connectivity index (χ1) is 16.3. The van der Waals surface area contributed by atoms with Crippen molar-refractivity contribution < 1.29 is 19.0 Å². The summed E-state index contributed by atoms with van der Waals surface area (Å²) in [6.45, 7) is 7.80. The van der Waals surface area contributed by atoms with Gasteiger partial charge in [-0.3, -0.25) is 4.79 Å². The molecule has 0 bridgehead atoms. The van der Waals surface area contributed by atoms with E-state index in [9.17, 15) is 14.3 Å². The zero-order chi connectivity index (χ0) is 24.1. The molecule has 2 aromatic rings. The summed E-state index contributed by atoms with van der Waals surface area (Å²) in [4.78, 5) is 24.8. The van der Waals surface area contributed by atoms with Crippen LogP contribution in [0.5, 0.6) is 11.5 Å². The number of likely N-dealkylation sites (N-methyl/N-ethyl adjacent to an activating group) is 1. The molecule has 182 valence electrons. The van der Waals surface area contributed by atoms with Gasteiger partial charge in [0.05, 0.1) is 11.6 Å². The van der Waals surface area contributed by atoms with E-state index in [1.807, 2.05) is 4.90 Å². The number of aromatic nitrogens is 1. The second kappa shape index (κ2) is 8.87. The molecule has 2 saturated heterocycles. The van der Waals surface area contributed by atoms with Gasteiger partial charge < -0.3 is 29.9 Å². The standard InChI is InChI=1S/C24H29ClFN5O3/c1-13-10-29(3)11-14(2)31(13)23-19-22(34-12-15-9-27-7-8-30(15)24(19)33)20(25)21(28-23)18-16(26)5-4-6-17(18)32/h4-6,13-15,27,32H,7-12H2,1-3H3/t13-,14+,15-/m1/s1. The van der Waals surface area contributed by atoms with E-state index in [4.69, 9.17) is 21.3 Å². The fraction of sp³-hybridized carbons (Fsp3) is 0.500. The van der Waals surface area contributed by atoms with Crippen LogP contribution in [0.1, 0.15) is 24.2 Å². The molecular formula is C24H29ClFN5O3. The van der Waals surface area contributed by atoms with Gasteiger partial charge in [0.1, 0.15) is 40.3 Å². The monoisotopic (exact) mass is 489 g/mol. The minimum absolute atomic E-state index is 0.0229. The van der Waals surface area contributed by atoms with Crippen LogP contribution in [-0.2, 0) is 0 Å². The Balaban J connectivity index is 1.76. The van der Waals surface area contributed by atoms with Crippen LogP contribution in [0, 0.1) is 5.82 Å². The Morgan fingerprint density at radius 2 is 1.97 bits per heavy atom. The summed E-state index contributed by atoms with van der Waals surface area (Å²) in [5.74, 6) is -0.509. The number of anilines is 1. The number of halogens is 2. The van der Waals surface area contributed by atoms with Gasteiger partial charge >= 0.3 is 0 Å². The molecule has 34 heavy (non-hydrogen) atoms. The number of carbonyl (C=O) groups is 1. The van der Waals surface area contributed by atoms with Crippen molar-refractivity contribution in [2.75, 3.05) is 51.3 Å². The van der Waals surface area contributed by atoms with Gasteiger partial charge in [0, 0.05) is 44.8 Å². The molecule has 0 saturated carbocycles. The molecule has 3 atom stereocenters. The molecule has 3 aliphatic heterocycles. The van der Waals surface area contributed by atoms with Gasteiger partial charge in [0.15, 0.2) is 5.75 Å². The summed E-state index contributed by atoms with van der Waals surface area (Å²) >= 11 is 6.77. The smallest absolute Gasteiger partial charge is 0.261 e. The third-order valence-electron chi connectivity index (χ3n) is 6.90. The number of phenolic OH excluding ortho intramolecular Hbond substituents is 1. The maximum atomic E-state index is 14.9. The molecular weight excluding hydrogens is 461 g/mol. The van der Waals surface area contributed by atoms with Gasteiger partial charge in [-0.05, 0) is 33.0 Å². The summed E-state index contributed by atoms with van der Waals surface area (Å²) in [6.07, 6.45) is 0. The van der Waals surface area contributed by atoms with Crippen LogP contribution >= 0.6 is 11.6 Å². The fourth-order valence-corrected chi connectivity index (χ4v) is 5.75. The van der Waals surface area contributed by atoms with Gasteiger partial charge in [-0.15, -0.1) is 0 Å². The van der Waals surface area contributed by atoms with Gasteiger partial charge in [-0.25, -0.2) is 9.37 Å². The predicted octanol–water partition coefficient (Wildman–Crippen LogP) is 2.58. The molecule has 8 nitrogen and oxygen atoms in total. The number of ether oxygens (including phenoxy) is 1. The van der Waals surface area contributed by atoms with Crippen molar-refractivity contribution >= 4 is 23.3 Å². The number of hydrogen-bond donors (Lipinski definition) is 2. The molecule has 2 N–H and O–H groups in total. The number of hydrogen-bond acceptors (Lipinski definition) is 7. The van der Waals surface area contributed by atoms with Crippen LogP contribution in [-0.4, -0.2) is 90.3 Å². The molecule has 2 fully saturated rings. The van der Waals surface area contributed by atoms with E-state index in [-0.39, 0.29) is 58.4 Å². The van der Waals surface area contributed by atoms with E-state index in [0.717, 1.165) is 13.1 Å². The fourth-order valence-electron chi connectivity index (χ4n) is 5.46. The summed E-state index contributed by atoms with van der Waals surface area (Å²) in [7, 11) is 2.06. The molecule has 0 spiro atoms. The zero-order valence-corrected chi connectivity index (χ0v) is 20.3. The minimum atomic E-state index is -0.652. The normalized spacial score (nSPS) is 25.4. The Morgan fingerprint density at radius 3 is 2.68 bits per heavy atom. The van der Waals surface area contributed by atoms with Crippen LogP contribution in [0.2, 0.25) is 5.02 Å². The Morgan fingerprint density at radius 1 is 1.24 bits per heavy atom. The first-order valence-electron chi connectivity index (χ1n) is 11.6. The van der Waals surface area contributed by atoms with Crippen molar-refractivity contribution in [3.05, 3.63) is 34.6 Å². The van der Waals surface area contributed by atoms with Gasteiger partial charge in [0.25, 0.3) is 5.91 Å². The lowest BCUT2D eigenvalue weighted by atomic mass is 10.0. The van der Waals surface area contributed by atoms with Crippen molar-refractivity contribution in [2.45, 2.75) is 32.0 Å². The number of amides is 1. The number of carbonyl (C=O) groups excluding carboxylic acids is 1. The summed E-state index contributed by atoms with van der Waals surface area (Å²) in [5, 5.41) is 13.8. The third-order valence-corrected chi connectivity index (χ3v) is 7.25. The number of aromatic hydroxyl groups is 1. The highest BCUT2D eigenvalue weighted by Crippen LogP contribution is 2.46. The van der Waals surface area contributed by atoms with Gasteiger partial charge in [-0.1, -0.05) is 17.7 Å². The molecule has 3 aliphatic rings. The molecule has 1 aromatic carbocycles. The molecule has 10 heteroatoms. The first kappa shape index (κ1) is 23.1. The second-order valence-corrected chi connectivity index (χ2v) is 9.81. The number of pyridine rings is 1. The van der Waals surface area contributed by atoms with E-state index < -0.39 is 5.82 Å². The van der Waals surface area contributed by atoms with Crippen molar-refractivity contribution in [2.24, 2.45) is 0 Å². The number of nitrogens with one attached hydrogen (secondary N) is 1. The van der Waals surface area contributed by atoms with Gasteiger partial charge in [-0.2, -0.15) is 0 Å². The van der Waals surface area contributed by atoms with E-state index in [2.05, 4.69) is 36.0 Å². The number of piperazine rings is 2. The van der Waals surface area contributed by atoms with Crippen molar-refractivity contribution in [3.63, 3.8) is 0 Å². The van der Waals surface area contributed by atoms with E-state index in [0.29, 0.717) is 31.0 Å². The number of nitrogens with zero attached hydrogens (tertiary/aromatic N) is 4. The second-order valence-electron chi connectivity index (χ2n) is 9.43. The SMILES string of the molecule is C[C@@H]1CN(C)C[C@H](C)N1c1nc(-c2c(O)cccc2F)c(Cl)c2c1C(=O)N1CCNC[C@@H]1CO2. The molecule has 0 aliphatic carbocycles. The Hall–Kier alpha value is -2.62. The zero-order valence-electron chi connectivity index (χ0n) is 19.5. The highest BCUT2D eigenvalue weighted by Gasteiger charge is 2.41. The maximum Gasteiger partial charge on any atom is 0.261 e. The number of phenols is 1. The summed E-state index contributed by atoms with van der Waals surface area (Å²) in [5.41, 5.74) is 0.262. The molecule has 1 amide bonds. The largest absolute Gasteiger partial charge is 0.507 e. The Labute approximate surface area is 203 Å². The highest BCUT2D eigenvalue weighted by atomic mass is 35.5. The Kier molecular flexibility index (Phi) is 6.03. The average Bonchev–Trinajstić information content (AvgIpc) is 2.93. The lowest BCUT2D eigenvalue weighted by molar-refractivity contribution is 0.0606. The topological polar surface area (TPSA) is 81.2 Å². The minimum Gasteiger partial charge on any atom is -0.507 e. The lowest BCUT2D eigenvalue weighted by Gasteiger charge is -2.45. The predicted molar refractivity (Wildman–Crippen MR) is 128 cm³/mol. The van der Waals surface area contributed by atoms with Crippen LogP contribution in [0.15, 0.2) is 18.2 Å². The molecule has 1 aromatic heterocycles. The maximum absolute atomic E-state index is 14.9. The number of rotatable bonds is 2. The molecule has 0 unspecified atom stereocenters. The van der Waals surface area contributed by atoms with E-state index in [1.54, 1.807) is 0 Å². The quantitative estimate of drug-likeness (QED) is 0.671. The van der Waals surface area contributed by atoms with E-state index in [1.165, 1.54) is 18.2 Å². The van der Waals surface area contributed by atoms with E-state index >= 15 is 0 Å².